The Morgan fingerprint density at radius 3 is 2.62 bits per heavy atom. The van der Waals surface area contributed by atoms with Gasteiger partial charge in [0.25, 0.3) is 5.91 Å². The van der Waals surface area contributed by atoms with E-state index >= 15 is 0 Å². The number of amides is 1. The number of pyridine rings is 1. The average molecular weight is 456 g/mol. The lowest BCUT2D eigenvalue weighted by atomic mass is 9.94. The second-order valence-electron chi connectivity index (χ2n) is 9.11. The molecule has 3 N–H and O–H groups in total. The Morgan fingerprint density at radius 1 is 1.06 bits per heavy atom. The summed E-state index contributed by atoms with van der Waals surface area (Å²) in [6, 6.07) is 19.9. The third-order valence-electron chi connectivity index (χ3n) is 5.59. The van der Waals surface area contributed by atoms with Gasteiger partial charge < -0.3 is 10.4 Å². The molecule has 0 fully saturated rings. The topological polar surface area (TPSA) is 104 Å². The van der Waals surface area contributed by atoms with E-state index < -0.39 is 11.5 Å². The molecule has 2 heterocycles. The van der Waals surface area contributed by atoms with Crippen LogP contribution in [0.2, 0.25) is 0 Å². The first-order chi connectivity index (χ1) is 16.3. The Morgan fingerprint density at radius 2 is 1.85 bits per heavy atom. The molecule has 0 bridgehead atoms. The molecule has 7 nitrogen and oxygen atoms in total. The van der Waals surface area contributed by atoms with Crippen molar-refractivity contribution in [2.24, 2.45) is 0 Å². The number of aliphatic hydroxyl groups is 1. The maximum Gasteiger partial charge on any atom is 0.296 e. The minimum atomic E-state index is -0.708. The van der Waals surface area contributed by atoms with Crippen LogP contribution in [0.1, 0.15) is 53.4 Å². The first-order valence-corrected chi connectivity index (χ1v) is 11.3. The van der Waals surface area contributed by atoms with Gasteiger partial charge in [0, 0.05) is 12.6 Å². The third kappa shape index (κ3) is 6.14. The van der Waals surface area contributed by atoms with E-state index in [0.29, 0.717) is 24.5 Å². The lowest BCUT2D eigenvalue weighted by Gasteiger charge is -2.17. The lowest BCUT2D eigenvalue weighted by molar-refractivity contribution is 0.0714. The number of carbonyl (C=O) groups is 1. The molecule has 34 heavy (non-hydrogen) atoms. The van der Waals surface area contributed by atoms with E-state index in [2.05, 4.69) is 50.6 Å². The fraction of sp³-hybridized carbons (Fsp3) is 0.259. The molecule has 2 aromatic heterocycles. The Bertz CT molecular complexity index is 1280. The van der Waals surface area contributed by atoms with E-state index in [1.807, 2.05) is 56.3 Å². The number of aromatic nitrogens is 4. The van der Waals surface area contributed by atoms with Gasteiger partial charge in [-0.05, 0) is 73.6 Å². The molecule has 2 aromatic carbocycles. The quantitative estimate of drug-likeness (QED) is 0.357. The lowest BCUT2D eigenvalue weighted by Crippen LogP contribution is -2.19. The van der Waals surface area contributed by atoms with Crippen molar-refractivity contribution < 1.29 is 9.90 Å². The number of benzene rings is 2. The van der Waals surface area contributed by atoms with Crippen molar-refractivity contribution in [2.75, 3.05) is 5.32 Å². The van der Waals surface area contributed by atoms with Gasteiger partial charge in [0.05, 0.1) is 5.60 Å². The number of anilines is 1. The molecule has 7 heteroatoms. The van der Waals surface area contributed by atoms with Gasteiger partial charge in [0.15, 0.2) is 0 Å². The molecule has 0 atom stereocenters. The highest BCUT2D eigenvalue weighted by Crippen LogP contribution is 2.27. The Kier molecular flexibility index (Phi) is 6.84. The minimum absolute atomic E-state index is 0.0722. The van der Waals surface area contributed by atoms with Crippen molar-refractivity contribution in [1.29, 1.82) is 0 Å². The average Bonchev–Trinajstić information content (AvgIpc) is 3.27. The van der Waals surface area contributed by atoms with Crippen molar-refractivity contribution in [3.63, 3.8) is 0 Å². The molecule has 0 aliphatic carbocycles. The van der Waals surface area contributed by atoms with E-state index in [9.17, 15) is 9.90 Å². The normalized spacial score (nSPS) is 11.4. The smallest absolute Gasteiger partial charge is 0.296 e. The number of aromatic amines is 1. The molecular formula is C27H29N5O2. The number of aryl methyl sites for hydroxylation is 2. The van der Waals surface area contributed by atoms with Gasteiger partial charge >= 0.3 is 0 Å². The molecule has 4 aromatic rings. The summed E-state index contributed by atoms with van der Waals surface area (Å²) in [6.45, 7) is 5.69. The van der Waals surface area contributed by atoms with Crippen LogP contribution < -0.4 is 5.32 Å². The minimum Gasteiger partial charge on any atom is -0.390 e. The number of carbonyl (C=O) groups excluding carboxylic acids is 1. The van der Waals surface area contributed by atoms with Gasteiger partial charge in [-0.1, -0.05) is 48.5 Å². The molecule has 4 rings (SSSR count). The van der Waals surface area contributed by atoms with Gasteiger partial charge in [0.1, 0.15) is 11.6 Å². The third-order valence-corrected chi connectivity index (χ3v) is 5.59. The van der Waals surface area contributed by atoms with Crippen molar-refractivity contribution in [2.45, 2.75) is 45.6 Å². The zero-order valence-electron chi connectivity index (χ0n) is 19.7. The van der Waals surface area contributed by atoms with Crippen LogP contribution in [-0.4, -0.2) is 36.8 Å². The number of nitrogens with zero attached hydrogens (tertiary/aromatic N) is 3. The number of rotatable bonds is 8. The Hall–Kier alpha value is -3.84. The van der Waals surface area contributed by atoms with E-state index in [4.69, 9.17) is 0 Å². The van der Waals surface area contributed by atoms with E-state index in [-0.39, 0.29) is 5.82 Å². The van der Waals surface area contributed by atoms with Crippen molar-refractivity contribution in [1.82, 2.24) is 20.2 Å². The van der Waals surface area contributed by atoms with Gasteiger partial charge in [-0.3, -0.25) is 9.89 Å². The maximum absolute atomic E-state index is 12.7. The Labute approximate surface area is 199 Å². The maximum atomic E-state index is 12.7. The molecule has 1 amide bonds. The van der Waals surface area contributed by atoms with E-state index in [1.165, 1.54) is 0 Å². The summed E-state index contributed by atoms with van der Waals surface area (Å²) in [5, 5.41) is 19.7. The van der Waals surface area contributed by atoms with Crippen LogP contribution >= 0.6 is 0 Å². The summed E-state index contributed by atoms with van der Waals surface area (Å²) in [4.78, 5) is 21.3. The molecule has 0 saturated carbocycles. The SMILES string of the molecule is Cc1ccc(CCC(C)(C)O)cc1-c1ccnc(NC(=O)c2n[nH]c(Cc3ccccc3)n2)c1. The fourth-order valence-electron chi connectivity index (χ4n) is 3.69. The molecule has 0 aliphatic heterocycles. The summed E-state index contributed by atoms with van der Waals surface area (Å²) in [6.07, 6.45) is 3.70. The standard InChI is InChI=1S/C27H29N5O2/c1-18-9-10-20(11-13-27(2,3)34)15-22(18)21-12-14-28-23(17-21)30-26(33)25-29-24(31-32-25)16-19-7-5-4-6-8-19/h4-10,12,14-15,17,34H,11,13,16H2,1-3H3,(H,28,30,33)(H,29,31,32). The summed E-state index contributed by atoms with van der Waals surface area (Å²) in [5.41, 5.74) is 4.66. The van der Waals surface area contributed by atoms with Crippen LogP contribution in [-0.2, 0) is 12.8 Å². The summed E-state index contributed by atoms with van der Waals surface area (Å²) in [7, 11) is 0. The number of H-pyrrole nitrogens is 1. The molecule has 174 valence electrons. The monoisotopic (exact) mass is 455 g/mol. The van der Waals surface area contributed by atoms with Crippen LogP contribution in [0.3, 0.4) is 0 Å². The predicted molar refractivity (Wildman–Crippen MR) is 133 cm³/mol. The zero-order valence-corrected chi connectivity index (χ0v) is 19.7. The van der Waals surface area contributed by atoms with Gasteiger partial charge in [-0.25, -0.2) is 9.97 Å². The molecule has 0 radical (unpaired) electrons. The van der Waals surface area contributed by atoms with Crippen LogP contribution in [0.4, 0.5) is 5.82 Å². The van der Waals surface area contributed by atoms with Crippen molar-refractivity contribution >= 4 is 11.7 Å². The van der Waals surface area contributed by atoms with Gasteiger partial charge in [0.2, 0.25) is 5.82 Å². The second-order valence-corrected chi connectivity index (χ2v) is 9.11. The van der Waals surface area contributed by atoms with Crippen LogP contribution in [0, 0.1) is 6.92 Å². The highest BCUT2D eigenvalue weighted by atomic mass is 16.3. The largest absolute Gasteiger partial charge is 0.390 e. The van der Waals surface area contributed by atoms with E-state index in [1.54, 1.807) is 6.20 Å². The summed E-state index contributed by atoms with van der Waals surface area (Å²) in [5.74, 6) is 0.702. The molecule has 0 aliphatic rings. The Balaban J connectivity index is 1.47. The summed E-state index contributed by atoms with van der Waals surface area (Å²) >= 11 is 0. The fourth-order valence-corrected chi connectivity index (χ4v) is 3.69. The van der Waals surface area contributed by atoms with E-state index in [0.717, 1.165) is 34.2 Å². The predicted octanol–water partition coefficient (Wildman–Crippen LogP) is 4.72. The molecule has 0 unspecified atom stereocenters. The second kappa shape index (κ2) is 9.97. The van der Waals surface area contributed by atoms with Gasteiger partial charge in [-0.2, -0.15) is 0 Å². The van der Waals surface area contributed by atoms with Gasteiger partial charge in [-0.15, -0.1) is 5.10 Å². The first kappa shape index (κ1) is 23.3. The molecule has 0 saturated heterocycles. The van der Waals surface area contributed by atoms with Crippen LogP contribution in [0.15, 0.2) is 66.9 Å². The molecule has 0 spiro atoms. The number of hydrogen-bond donors (Lipinski definition) is 3. The van der Waals surface area contributed by atoms with Crippen LogP contribution in [0.5, 0.6) is 0 Å². The molecular weight excluding hydrogens is 426 g/mol. The van der Waals surface area contributed by atoms with Crippen LogP contribution in [0.25, 0.3) is 11.1 Å². The first-order valence-electron chi connectivity index (χ1n) is 11.3. The number of nitrogens with one attached hydrogen (secondary N) is 2. The number of hydrogen-bond acceptors (Lipinski definition) is 5. The highest BCUT2D eigenvalue weighted by molar-refractivity contribution is 6.01. The summed E-state index contributed by atoms with van der Waals surface area (Å²) < 4.78 is 0. The zero-order chi connectivity index (χ0) is 24.1. The highest BCUT2D eigenvalue weighted by Gasteiger charge is 2.15. The van der Waals surface area contributed by atoms with Crippen molar-refractivity contribution in [3.05, 3.63) is 95.2 Å². The van der Waals surface area contributed by atoms with Crippen molar-refractivity contribution in [3.8, 4) is 11.1 Å².